The van der Waals surface area contributed by atoms with E-state index in [1.165, 1.54) is 12.8 Å². The van der Waals surface area contributed by atoms with Gasteiger partial charge in [-0.3, -0.25) is 4.98 Å². The maximum Gasteiger partial charge on any atom is 0.101 e. The van der Waals surface area contributed by atoms with Gasteiger partial charge in [0.05, 0.1) is 17.4 Å². The summed E-state index contributed by atoms with van der Waals surface area (Å²) in [4.78, 5) is 6.41. The average molecular weight is 216 g/mol. The molecule has 0 saturated carbocycles. The summed E-state index contributed by atoms with van der Waals surface area (Å²) in [5.41, 5.74) is 1.70. The van der Waals surface area contributed by atoms with Crippen LogP contribution in [0.4, 0.5) is 5.69 Å². The Morgan fingerprint density at radius 2 is 2.56 bits per heavy atom. The van der Waals surface area contributed by atoms with Crippen LogP contribution in [0.25, 0.3) is 0 Å². The minimum atomic E-state index is 0.487. The molecule has 1 aliphatic rings. The summed E-state index contributed by atoms with van der Waals surface area (Å²) in [5.74, 6) is 0. The van der Waals surface area contributed by atoms with Crippen LogP contribution in [0.2, 0.25) is 0 Å². The summed E-state index contributed by atoms with van der Waals surface area (Å²) in [6.07, 6.45) is 5.84. The third-order valence-corrected chi connectivity index (χ3v) is 3.05. The maximum absolute atomic E-state index is 9.07. The van der Waals surface area contributed by atoms with Crippen molar-refractivity contribution >= 4 is 5.69 Å². The second kappa shape index (κ2) is 4.95. The molecule has 2 heterocycles. The zero-order valence-electron chi connectivity index (χ0n) is 9.48. The highest BCUT2D eigenvalue weighted by atomic mass is 15.2. The monoisotopic (exact) mass is 216 g/mol. The highest BCUT2D eigenvalue weighted by Crippen LogP contribution is 2.27. The van der Waals surface area contributed by atoms with Crippen molar-refractivity contribution < 1.29 is 0 Å². The molecular weight excluding hydrogens is 200 g/mol. The van der Waals surface area contributed by atoms with Gasteiger partial charge in [-0.05, 0) is 26.0 Å². The van der Waals surface area contributed by atoms with E-state index in [4.69, 9.17) is 5.26 Å². The summed E-state index contributed by atoms with van der Waals surface area (Å²) >= 11 is 0. The summed E-state index contributed by atoms with van der Waals surface area (Å²) < 4.78 is 0. The molecule has 1 aliphatic heterocycles. The molecule has 1 aromatic rings. The van der Waals surface area contributed by atoms with Crippen LogP contribution in [-0.2, 0) is 0 Å². The minimum absolute atomic E-state index is 0.487. The van der Waals surface area contributed by atoms with Crippen LogP contribution >= 0.6 is 0 Å². The molecule has 0 spiro atoms. The number of anilines is 1. The Labute approximate surface area is 95.9 Å². The molecule has 0 aliphatic carbocycles. The molecular formula is C12H16N4. The van der Waals surface area contributed by atoms with Crippen LogP contribution in [0.3, 0.4) is 0 Å². The summed E-state index contributed by atoms with van der Waals surface area (Å²) in [6.45, 7) is 1.98. The molecule has 4 nitrogen and oxygen atoms in total. The van der Waals surface area contributed by atoms with E-state index in [2.05, 4.69) is 21.3 Å². The molecule has 2 rings (SSSR count). The number of rotatable bonds is 3. The zero-order valence-corrected chi connectivity index (χ0v) is 9.48. The maximum atomic E-state index is 9.07. The van der Waals surface area contributed by atoms with Gasteiger partial charge in [0, 0.05) is 25.3 Å². The highest BCUT2D eigenvalue weighted by molar-refractivity contribution is 5.58. The van der Waals surface area contributed by atoms with Gasteiger partial charge < -0.3 is 10.2 Å². The summed E-state index contributed by atoms with van der Waals surface area (Å²) in [6, 6.07) is 4.50. The number of likely N-dealkylation sites (N-methyl/N-ethyl adjacent to an activating group) is 1. The van der Waals surface area contributed by atoms with Crippen LogP contribution in [0.15, 0.2) is 18.5 Å². The van der Waals surface area contributed by atoms with Crippen molar-refractivity contribution in [3.05, 3.63) is 24.0 Å². The second-order valence-corrected chi connectivity index (χ2v) is 4.05. The first-order chi connectivity index (χ1) is 7.86. The molecule has 1 unspecified atom stereocenters. The quantitative estimate of drug-likeness (QED) is 0.823. The van der Waals surface area contributed by atoms with Crippen molar-refractivity contribution in [1.82, 2.24) is 10.3 Å². The number of nitrogens with one attached hydrogen (secondary N) is 1. The SMILES string of the molecule is CNCC1CCCN1c1cnccc1C#N. The lowest BCUT2D eigenvalue weighted by Gasteiger charge is -2.26. The van der Waals surface area contributed by atoms with Crippen molar-refractivity contribution in [3.8, 4) is 6.07 Å². The van der Waals surface area contributed by atoms with Crippen molar-refractivity contribution in [3.63, 3.8) is 0 Å². The minimum Gasteiger partial charge on any atom is -0.365 e. The largest absolute Gasteiger partial charge is 0.365 e. The number of nitrogens with zero attached hydrogens (tertiary/aromatic N) is 3. The lowest BCUT2D eigenvalue weighted by molar-refractivity contribution is 0.615. The molecule has 0 amide bonds. The molecule has 16 heavy (non-hydrogen) atoms. The van der Waals surface area contributed by atoms with Gasteiger partial charge in [0.25, 0.3) is 0 Å². The second-order valence-electron chi connectivity index (χ2n) is 4.05. The number of pyridine rings is 1. The van der Waals surface area contributed by atoms with E-state index < -0.39 is 0 Å². The normalized spacial score (nSPS) is 19.8. The van der Waals surface area contributed by atoms with Gasteiger partial charge in [0.15, 0.2) is 0 Å². The van der Waals surface area contributed by atoms with Gasteiger partial charge in [-0.2, -0.15) is 5.26 Å². The van der Waals surface area contributed by atoms with E-state index in [9.17, 15) is 0 Å². The predicted octanol–water partition coefficient (Wildman–Crippen LogP) is 1.14. The third kappa shape index (κ3) is 2.00. The standard InChI is InChI=1S/C12H16N4/c1-14-8-11-3-2-6-16(11)12-9-15-5-4-10(12)7-13/h4-5,9,11,14H,2-3,6,8H2,1H3. The third-order valence-electron chi connectivity index (χ3n) is 3.05. The molecule has 4 heteroatoms. The van der Waals surface area contributed by atoms with Gasteiger partial charge in [-0.15, -0.1) is 0 Å². The molecule has 84 valence electrons. The molecule has 1 aromatic heterocycles. The Balaban J connectivity index is 2.26. The number of hydrogen-bond acceptors (Lipinski definition) is 4. The van der Waals surface area contributed by atoms with E-state index >= 15 is 0 Å². The summed E-state index contributed by atoms with van der Waals surface area (Å²) in [5, 5.41) is 12.3. The fourth-order valence-corrected chi connectivity index (χ4v) is 2.31. The molecule has 0 bridgehead atoms. The Kier molecular flexibility index (Phi) is 3.37. The average Bonchev–Trinajstić information content (AvgIpc) is 2.77. The van der Waals surface area contributed by atoms with Crippen molar-refractivity contribution in [2.75, 3.05) is 25.0 Å². The van der Waals surface area contributed by atoms with Crippen LogP contribution in [0.5, 0.6) is 0 Å². The first-order valence-corrected chi connectivity index (χ1v) is 5.62. The predicted molar refractivity (Wildman–Crippen MR) is 63.2 cm³/mol. The van der Waals surface area contributed by atoms with Crippen LogP contribution in [0, 0.1) is 11.3 Å². The fraction of sp³-hybridized carbons (Fsp3) is 0.500. The van der Waals surface area contributed by atoms with Gasteiger partial charge in [-0.25, -0.2) is 0 Å². The Hall–Kier alpha value is -1.60. The Bertz CT molecular complexity index is 396. The molecule has 1 saturated heterocycles. The van der Waals surface area contributed by atoms with Crippen LogP contribution in [0.1, 0.15) is 18.4 Å². The first kappa shape index (κ1) is 10.9. The van der Waals surface area contributed by atoms with Crippen LogP contribution in [-0.4, -0.2) is 31.2 Å². The Morgan fingerprint density at radius 3 is 3.31 bits per heavy atom. The van der Waals surface area contributed by atoms with E-state index in [-0.39, 0.29) is 0 Å². The van der Waals surface area contributed by atoms with E-state index in [0.29, 0.717) is 6.04 Å². The molecule has 1 N–H and O–H groups in total. The molecule has 1 fully saturated rings. The van der Waals surface area contributed by atoms with E-state index in [0.717, 1.165) is 24.3 Å². The molecule has 0 aromatic carbocycles. The lowest BCUT2D eigenvalue weighted by Crippen LogP contribution is -2.37. The topological polar surface area (TPSA) is 52.0 Å². The summed E-state index contributed by atoms with van der Waals surface area (Å²) in [7, 11) is 1.96. The van der Waals surface area contributed by atoms with Gasteiger partial charge in [0.2, 0.25) is 0 Å². The lowest BCUT2D eigenvalue weighted by atomic mass is 10.2. The number of aromatic nitrogens is 1. The zero-order chi connectivity index (χ0) is 11.4. The van der Waals surface area contributed by atoms with Crippen molar-refractivity contribution in [1.29, 1.82) is 5.26 Å². The highest BCUT2D eigenvalue weighted by Gasteiger charge is 2.25. The first-order valence-electron chi connectivity index (χ1n) is 5.62. The van der Waals surface area contributed by atoms with E-state index in [1.54, 1.807) is 18.5 Å². The number of hydrogen-bond donors (Lipinski definition) is 1. The van der Waals surface area contributed by atoms with Crippen LogP contribution < -0.4 is 10.2 Å². The molecule has 0 radical (unpaired) electrons. The van der Waals surface area contributed by atoms with Crippen molar-refractivity contribution in [2.24, 2.45) is 0 Å². The molecule has 1 atom stereocenters. The van der Waals surface area contributed by atoms with Gasteiger partial charge in [-0.1, -0.05) is 0 Å². The van der Waals surface area contributed by atoms with Crippen molar-refractivity contribution in [2.45, 2.75) is 18.9 Å². The van der Waals surface area contributed by atoms with Gasteiger partial charge in [0.1, 0.15) is 6.07 Å². The number of nitriles is 1. The fourth-order valence-electron chi connectivity index (χ4n) is 2.31. The van der Waals surface area contributed by atoms with Gasteiger partial charge >= 0.3 is 0 Å². The Morgan fingerprint density at radius 1 is 1.69 bits per heavy atom. The smallest absolute Gasteiger partial charge is 0.101 e. The van der Waals surface area contributed by atoms with E-state index in [1.807, 2.05) is 7.05 Å².